The minimum atomic E-state index is 0.620. The molecule has 1 heterocycles. The molecule has 1 aromatic carbocycles. The first-order chi connectivity index (χ1) is 10.8. The molecule has 0 radical (unpaired) electrons. The summed E-state index contributed by atoms with van der Waals surface area (Å²) in [6, 6.07) is 15.7. The van der Waals surface area contributed by atoms with Gasteiger partial charge in [-0.05, 0) is 38.2 Å². The lowest BCUT2D eigenvalue weighted by Crippen LogP contribution is -2.37. The van der Waals surface area contributed by atoms with Gasteiger partial charge in [0.2, 0.25) is 0 Å². The van der Waals surface area contributed by atoms with Crippen LogP contribution in [0.2, 0.25) is 0 Å². The molecule has 0 aliphatic carbocycles. The standard InChI is InChI=1S/C17H20N4S/c1-3-21(4-2)17(22)20-19-16(14-10-6-5-7-11-14)15-12-8-9-13-18-15/h5-13H,3-4H2,1-2H3,(H,20,22)/b19-16+. The molecule has 0 aliphatic rings. The molecule has 1 N–H and O–H groups in total. The molecule has 2 aromatic rings. The quantitative estimate of drug-likeness (QED) is 0.523. The molecule has 22 heavy (non-hydrogen) atoms. The Morgan fingerprint density at radius 1 is 1.09 bits per heavy atom. The zero-order valence-corrected chi connectivity index (χ0v) is 13.7. The van der Waals surface area contributed by atoms with Gasteiger partial charge >= 0.3 is 0 Å². The third kappa shape index (κ3) is 4.11. The van der Waals surface area contributed by atoms with Gasteiger partial charge in [-0.1, -0.05) is 36.4 Å². The SMILES string of the molecule is CCN(CC)C(=S)N/N=C(\c1ccccc1)c1ccccn1. The fraction of sp³-hybridized carbons (Fsp3) is 0.235. The van der Waals surface area contributed by atoms with Crippen LogP contribution in [0.25, 0.3) is 0 Å². The molecule has 114 valence electrons. The molecule has 0 aliphatic heterocycles. The average Bonchev–Trinajstić information content (AvgIpc) is 2.58. The van der Waals surface area contributed by atoms with E-state index in [1.165, 1.54) is 0 Å². The van der Waals surface area contributed by atoms with Gasteiger partial charge < -0.3 is 4.90 Å². The Kier molecular flexibility index (Phi) is 6.03. The summed E-state index contributed by atoms with van der Waals surface area (Å²) in [6.45, 7) is 5.83. The molecule has 0 atom stereocenters. The molecule has 0 amide bonds. The predicted molar refractivity (Wildman–Crippen MR) is 95.0 cm³/mol. The Balaban J connectivity index is 2.29. The number of rotatable bonds is 5. The first-order valence-electron chi connectivity index (χ1n) is 7.35. The van der Waals surface area contributed by atoms with Gasteiger partial charge in [0.05, 0.1) is 5.69 Å². The number of benzene rings is 1. The van der Waals surface area contributed by atoms with Crippen molar-refractivity contribution in [2.75, 3.05) is 13.1 Å². The van der Waals surface area contributed by atoms with Crippen LogP contribution in [0.4, 0.5) is 0 Å². The van der Waals surface area contributed by atoms with E-state index in [1.807, 2.05) is 53.4 Å². The van der Waals surface area contributed by atoms with Crippen LogP contribution in [0.15, 0.2) is 59.8 Å². The highest BCUT2D eigenvalue weighted by Crippen LogP contribution is 2.08. The van der Waals surface area contributed by atoms with Crippen molar-refractivity contribution < 1.29 is 0 Å². The maximum atomic E-state index is 5.38. The van der Waals surface area contributed by atoms with Gasteiger partial charge in [0.15, 0.2) is 5.11 Å². The van der Waals surface area contributed by atoms with Crippen LogP contribution < -0.4 is 5.43 Å². The third-order valence-electron chi connectivity index (χ3n) is 3.27. The van der Waals surface area contributed by atoms with Crippen molar-refractivity contribution in [1.82, 2.24) is 15.3 Å². The molecule has 2 rings (SSSR count). The van der Waals surface area contributed by atoms with Gasteiger partial charge in [-0.15, -0.1) is 0 Å². The van der Waals surface area contributed by atoms with Gasteiger partial charge in [0.1, 0.15) is 5.71 Å². The summed E-state index contributed by atoms with van der Waals surface area (Å²) in [5, 5.41) is 5.12. The van der Waals surface area contributed by atoms with E-state index in [2.05, 4.69) is 29.4 Å². The van der Waals surface area contributed by atoms with Crippen molar-refractivity contribution in [2.24, 2.45) is 5.10 Å². The molecule has 0 unspecified atom stereocenters. The van der Waals surface area contributed by atoms with Crippen molar-refractivity contribution in [3.05, 3.63) is 66.0 Å². The fourth-order valence-electron chi connectivity index (χ4n) is 2.05. The maximum Gasteiger partial charge on any atom is 0.189 e. The highest BCUT2D eigenvalue weighted by Gasteiger charge is 2.09. The number of pyridine rings is 1. The summed E-state index contributed by atoms with van der Waals surface area (Å²) in [5.74, 6) is 0. The first-order valence-corrected chi connectivity index (χ1v) is 7.76. The normalized spacial score (nSPS) is 11.1. The number of hydrazone groups is 1. The maximum absolute atomic E-state index is 5.38. The average molecular weight is 312 g/mol. The van der Waals surface area contributed by atoms with Crippen LogP contribution in [-0.2, 0) is 0 Å². The number of nitrogens with zero attached hydrogens (tertiary/aromatic N) is 3. The second kappa shape index (κ2) is 8.24. The van der Waals surface area contributed by atoms with Gasteiger partial charge in [0.25, 0.3) is 0 Å². The van der Waals surface area contributed by atoms with Crippen LogP contribution >= 0.6 is 12.2 Å². The Labute approximate surface area is 136 Å². The molecular weight excluding hydrogens is 292 g/mol. The first kappa shape index (κ1) is 16.1. The largest absolute Gasteiger partial charge is 0.348 e. The molecular formula is C17H20N4S. The summed E-state index contributed by atoms with van der Waals surface area (Å²) in [4.78, 5) is 6.43. The Morgan fingerprint density at radius 2 is 1.77 bits per heavy atom. The Morgan fingerprint density at radius 3 is 2.36 bits per heavy atom. The topological polar surface area (TPSA) is 40.5 Å². The van der Waals surface area contributed by atoms with Gasteiger partial charge in [-0.25, -0.2) is 0 Å². The van der Waals surface area contributed by atoms with E-state index >= 15 is 0 Å². The van der Waals surface area contributed by atoms with Gasteiger partial charge in [-0.3, -0.25) is 10.4 Å². The van der Waals surface area contributed by atoms with Crippen LogP contribution in [0.1, 0.15) is 25.1 Å². The molecule has 4 nitrogen and oxygen atoms in total. The molecule has 0 spiro atoms. The van der Waals surface area contributed by atoms with Crippen molar-refractivity contribution in [3.63, 3.8) is 0 Å². The Bertz CT molecular complexity index is 580. The van der Waals surface area contributed by atoms with E-state index in [1.54, 1.807) is 6.20 Å². The monoisotopic (exact) mass is 312 g/mol. The summed E-state index contributed by atoms with van der Waals surface area (Å²) in [6.07, 6.45) is 1.76. The van der Waals surface area contributed by atoms with Crippen molar-refractivity contribution in [1.29, 1.82) is 0 Å². The minimum absolute atomic E-state index is 0.620. The van der Waals surface area contributed by atoms with Crippen LogP contribution in [-0.4, -0.2) is 33.8 Å². The molecule has 5 heteroatoms. The van der Waals surface area contributed by atoms with Crippen LogP contribution in [0.5, 0.6) is 0 Å². The van der Waals surface area contributed by atoms with E-state index in [0.29, 0.717) is 5.11 Å². The second-order valence-corrected chi connectivity index (χ2v) is 5.02. The molecule has 0 fully saturated rings. The summed E-state index contributed by atoms with van der Waals surface area (Å²) in [5.41, 5.74) is 5.57. The fourth-order valence-corrected chi connectivity index (χ4v) is 2.36. The summed E-state index contributed by atoms with van der Waals surface area (Å²) >= 11 is 5.38. The highest BCUT2D eigenvalue weighted by molar-refractivity contribution is 7.80. The van der Waals surface area contributed by atoms with E-state index in [9.17, 15) is 0 Å². The predicted octanol–water partition coefficient (Wildman–Crippen LogP) is 3.05. The lowest BCUT2D eigenvalue weighted by molar-refractivity contribution is 0.458. The Hall–Kier alpha value is -2.27. The van der Waals surface area contributed by atoms with Crippen LogP contribution in [0, 0.1) is 0 Å². The van der Waals surface area contributed by atoms with E-state index in [-0.39, 0.29) is 0 Å². The van der Waals surface area contributed by atoms with E-state index in [0.717, 1.165) is 30.1 Å². The number of hydrogen-bond donors (Lipinski definition) is 1. The van der Waals surface area contributed by atoms with Gasteiger partial charge in [0, 0.05) is 24.8 Å². The minimum Gasteiger partial charge on any atom is -0.348 e. The molecule has 0 bridgehead atoms. The third-order valence-corrected chi connectivity index (χ3v) is 3.62. The number of hydrogen-bond acceptors (Lipinski definition) is 3. The van der Waals surface area contributed by atoms with Crippen LogP contribution in [0.3, 0.4) is 0 Å². The van der Waals surface area contributed by atoms with Crippen molar-refractivity contribution >= 4 is 23.0 Å². The zero-order chi connectivity index (χ0) is 15.8. The molecule has 0 saturated heterocycles. The number of aromatic nitrogens is 1. The lowest BCUT2D eigenvalue weighted by Gasteiger charge is -2.20. The van der Waals surface area contributed by atoms with E-state index < -0.39 is 0 Å². The zero-order valence-electron chi connectivity index (χ0n) is 12.9. The lowest BCUT2D eigenvalue weighted by atomic mass is 10.1. The van der Waals surface area contributed by atoms with Gasteiger partial charge in [-0.2, -0.15) is 5.10 Å². The van der Waals surface area contributed by atoms with E-state index in [4.69, 9.17) is 12.2 Å². The smallest absolute Gasteiger partial charge is 0.189 e. The molecule has 0 saturated carbocycles. The highest BCUT2D eigenvalue weighted by atomic mass is 32.1. The number of nitrogens with one attached hydrogen (secondary N) is 1. The summed E-state index contributed by atoms with van der Waals surface area (Å²) in [7, 11) is 0. The van der Waals surface area contributed by atoms with Crippen molar-refractivity contribution in [2.45, 2.75) is 13.8 Å². The number of thiocarbonyl (C=S) groups is 1. The van der Waals surface area contributed by atoms with Crippen molar-refractivity contribution in [3.8, 4) is 0 Å². The second-order valence-electron chi connectivity index (χ2n) is 4.63. The summed E-state index contributed by atoms with van der Waals surface area (Å²) < 4.78 is 0. The molecule has 1 aromatic heterocycles.